The first-order valence-electron chi connectivity index (χ1n) is 6.48. The lowest BCUT2D eigenvalue weighted by Gasteiger charge is -2.36. The Hall–Kier alpha value is -1.10. The van der Waals surface area contributed by atoms with Crippen LogP contribution in [0.5, 0.6) is 0 Å². The summed E-state index contributed by atoms with van der Waals surface area (Å²) in [6.07, 6.45) is 1.72. The van der Waals surface area contributed by atoms with Crippen LogP contribution in [-0.2, 0) is 9.59 Å². The van der Waals surface area contributed by atoms with Gasteiger partial charge in [-0.15, -0.1) is 0 Å². The second-order valence-corrected chi connectivity index (χ2v) is 6.21. The van der Waals surface area contributed by atoms with Gasteiger partial charge in [0.25, 0.3) is 0 Å². The highest BCUT2D eigenvalue weighted by Gasteiger charge is 2.33. The van der Waals surface area contributed by atoms with Crippen molar-refractivity contribution in [3.05, 3.63) is 0 Å². The van der Waals surface area contributed by atoms with Crippen LogP contribution in [0.2, 0.25) is 0 Å². The predicted molar refractivity (Wildman–Crippen MR) is 69.0 cm³/mol. The van der Waals surface area contributed by atoms with Gasteiger partial charge in [0.1, 0.15) is 0 Å². The Balaban J connectivity index is 2.48. The monoisotopic (exact) mass is 256 g/mol. The summed E-state index contributed by atoms with van der Waals surface area (Å²) in [4.78, 5) is 24.6. The minimum Gasteiger partial charge on any atom is -0.481 e. The number of aliphatic carboxylic acids is 1. The van der Waals surface area contributed by atoms with Gasteiger partial charge in [-0.2, -0.15) is 0 Å². The molecule has 0 unspecified atom stereocenters. The zero-order chi connectivity index (χ0) is 13.9. The average molecular weight is 256 g/mol. The molecule has 0 aromatic carbocycles. The third-order valence-electron chi connectivity index (χ3n) is 3.59. The van der Waals surface area contributed by atoms with Gasteiger partial charge in [0.15, 0.2) is 0 Å². The van der Waals surface area contributed by atoms with Crippen LogP contribution in [0.3, 0.4) is 0 Å². The molecule has 0 spiro atoms. The van der Waals surface area contributed by atoms with Gasteiger partial charge in [-0.05, 0) is 24.2 Å². The van der Waals surface area contributed by atoms with E-state index >= 15 is 0 Å². The van der Waals surface area contributed by atoms with Gasteiger partial charge in [-0.3, -0.25) is 9.59 Å². The van der Waals surface area contributed by atoms with Crippen LogP contribution < -0.4 is 5.73 Å². The molecular formula is C13H24N2O3. The quantitative estimate of drug-likeness (QED) is 0.791. The number of carboxylic acids is 1. The van der Waals surface area contributed by atoms with E-state index in [1.807, 2.05) is 20.8 Å². The number of likely N-dealkylation sites (tertiary alicyclic amines) is 1. The summed E-state index contributed by atoms with van der Waals surface area (Å²) < 4.78 is 0. The van der Waals surface area contributed by atoms with Gasteiger partial charge in [0, 0.05) is 19.5 Å². The number of carboxylic acid groups (broad SMARTS) is 1. The summed E-state index contributed by atoms with van der Waals surface area (Å²) in [5, 5.41) is 8.74. The molecule has 1 fully saturated rings. The highest BCUT2D eigenvalue weighted by atomic mass is 16.4. The molecular weight excluding hydrogens is 232 g/mol. The number of carbonyl (C=O) groups excluding carboxylic acids is 1. The molecule has 5 nitrogen and oxygen atoms in total. The predicted octanol–water partition coefficient (Wildman–Crippen LogP) is 1.07. The second kappa shape index (κ2) is 5.69. The molecule has 1 saturated heterocycles. The molecule has 18 heavy (non-hydrogen) atoms. The highest BCUT2D eigenvalue weighted by molar-refractivity contribution is 5.82. The van der Waals surface area contributed by atoms with E-state index in [9.17, 15) is 9.59 Å². The third kappa shape index (κ3) is 3.98. The minimum absolute atomic E-state index is 0.0173. The van der Waals surface area contributed by atoms with E-state index in [1.54, 1.807) is 4.90 Å². The summed E-state index contributed by atoms with van der Waals surface area (Å²) >= 11 is 0. The van der Waals surface area contributed by atoms with Crippen molar-refractivity contribution in [1.29, 1.82) is 0 Å². The Morgan fingerprint density at radius 1 is 1.33 bits per heavy atom. The summed E-state index contributed by atoms with van der Waals surface area (Å²) in [6.45, 7) is 7.10. The first-order valence-corrected chi connectivity index (χ1v) is 6.48. The molecule has 3 N–H and O–H groups in total. The van der Waals surface area contributed by atoms with E-state index in [2.05, 4.69) is 0 Å². The molecule has 0 aromatic heterocycles. The van der Waals surface area contributed by atoms with E-state index in [0.29, 0.717) is 13.1 Å². The van der Waals surface area contributed by atoms with Crippen LogP contribution in [0.25, 0.3) is 0 Å². The van der Waals surface area contributed by atoms with Gasteiger partial charge in [0.05, 0.1) is 6.04 Å². The van der Waals surface area contributed by atoms with Gasteiger partial charge < -0.3 is 15.7 Å². The van der Waals surface area contributed by atoms with E-state index in [4.69, 9.17) is 10.8 Å². The fourth-order valence-electron chi connectivity index (χ4n) is 2.17. The second-order valence-electron chi connectivity index (χ2n) is 6.21. The maximum atomic E-state index is 12.2. The molecule has 0 aliphatic carbocycles. The van der Waals surface area contributed by atoms with E-state index in [0.717, 1.165) is 12.8 Å². The molecule has 1 rings (SSSR count). The number of nitrogens with zero attached hydrogens (tertiary/aromatic N) is 1. The number of amides is 1. The Kier molecular flexibility index (Phi) is 4.73. The van der Waals surface area contributed by atoms with Crippen molar-refractivity contribution in [2.24, 2.45) is 17.1 Å². The number of hydrogen-bond acceptors (Lipinski definition) is 3. The molecule has 0 bridgehead atoms. The zero-order valence-corrected chi connectivity index (χ0v) is 11.5. The molecule has 1 aliphatic rings. The van der Waals surface area contributed by atoms with Crippen molar-refractivity contribution < 1.29 is 14.7 Å². The SMILES string of the molecule is CC(C)(C)[C@H](N)C(=O)N1CCC(CC(=O)O)CC1. The molecule has 0 radical (unpaired) electrons. The molecule has 1 atom stereocenters. The van der Waals surface area contributed by atoms with Crippen LogP contribution in [0.4, 0.5) is 0 Å². The summed E-state index contributed by atoms with van der Waals surface area (Å²) in [5.74, 6) is -0.583. The maximum absolute atomic E-state index is 12.2. The van der Waals surface area contributed by atoms with Gasteiger partial charge in [-0.25, -0.2) is 0 Å². The third-order valence-corrected chi connectivity index (χ3v) is 3.59. The van der Waals surface area contributed by atoms with Gasteiger partial charge in [-0.1, -0.05) is 20.8 Å². The Morgan fingerprint density at radius 3 is 2.22 bits per heavy atom. The van der Waals surface area contributed by atoms with Gasteiger partial charge >= 0.3 is 5.97 Å². The molecule has 5 heteroatoms. The fourth-order valence-corrected chi connectivity index (χ4v) is 2.17. The lowest BCUT2D eigenvalue weighted by atomic mass is 9.85. The Labute approximate surface area is 108 Å². The molecule has 0 saturated carbocycles. The smallest absolute Gasteiger partial charge is 0.303 e. The number of rotatable bonds is 3. The topological polar surface area (TPSA) is 83.6 Å². The lowest BCUT2D eigenvalue weighted by Crippen LogP contribution is -2.52. The normalized spacial score (nSPS) is 19.7. The van der Waals surface area contributed by atoms with Crippen molar-refractivity contribution in [1.82, 2.24) is 4.90 Å². The van der Waals surface area contributed by atoms with Crippen LogP contribution in [-0.4, -0.2) is 41.0 Å². The molecule has 1 aliphatic heterocycles. The summed E-state index contributed by atoms with van der Waals surface area (Å²) in [7, 11) is 0. The highest BCUT2D eigenvalue weighted by Crippen LogP contribution is 2.24. The fraction of sp³-hybridized carbons (Fsp3) is 0.846. The first kappa shape index (κ1) is 15.0. The Morgan fingerprint density at radius 2 is 1.83 bits per heavy atom. The van der Waals surface area contributed by atoms with Crippen LogP contribution in [0, 0.1) is 11.3 Å². The maximum Gasteiger partial charge on any atom is 0.303 e. The van der Waals surface area contributed by atoms with Crippen molar-refractivity contribution >= 4 is 11.9 Å². The summed E-state index contributed by atoms with van der Waals surface area (Å²) in [5.41, 5.74) is 5.71. The van der Waals surface area contributed by atoms with Crippen molar-refractivity contribution in [2.75, 3.05) is 13.1 Å². The first-order chi connectivity index (χ1) is 8.21. The van der Waals surface area contributed by atoms with E-state index in [-0.39, 0.29) is 23.7 Å². The van der Waals surface area contributed by atoms with E-state index in [1.165, 1.54) is 0 Å². The zero-order valence-electron chi connectivity index (χ0n) is 11.5. The molecule has 0 aromatic rings. The number of piperidine rings is 1. The van der Waals surface area contributed by atoms with Crippen LogP contribution >= 0.6 is 0 Å². The van der Waals surface area contributed by atoms with Crippen molar-refractivity contribution in [3.63, 3.8) is 0 Å². The van der Waals surface area contributed by atoms with Gasteiger partial charge in [0.2, 0.25) is 5.91 Å². The number of hydrogen-bond donors (Lipinski definition) is 2. The van der Waals surface area contributed by atoms with Crippen molar-refractivity contribution in [2.45, 2.75) is 46.1 Å². The number of nitrogens with two attached hydrogens (primary N) is 1. The molecule has 104 valence electrons. The average Bonchev–Trinajstić information content (AvgIpc) is 2.26. The largest absolute Gasteiger partial charge is 0.481 e. The van der Waals surface area contributed by atoms with Crippen LogP contribution in [0.1, 0.15) is 40.0 Å². The summed E-state index contributed by atoms with van der Waals surface area (Å²) in [6, 6.07) is -0.492. The van der Waals surface area contributed by atoms with Crippen molar-refractivity contribution in [3.8, 4) is 0 Å². The molecule has 1 amide bonds. The molecule has 1 heterocycles. The van der Waals surface area contributed by atoms with Crippen LogP contribution in [0.15, 0.2) is 0 Å². The Bertz CT molecular complexity index is 315. The number of carbonyl (C=O) groups is 2. The minimum atomic E-state index is -0.758. The lowest BCUT2D eigenvalue weighted by molar-refractivity contribution is -0.139. The van der Waals surface area contributed by atoms with E-state index < -0.39 is 12.0 Å². The standard InChI is InChI=1S/C13H24N2O3/c1-13(2,3)11(14)12(18)15-6-4-9(5-7-15)8-10(16)17/h9,11H,4-8,14H2,1-3H3,(H,16,17)/t11-/m1/s1.